The minimum Gasteiger partial charge on any atom is -0.394 e. The van der Waals surface area contributed by atoms with Gasteiger partial charge in [-0.1, -0.05) is 0 Å². The van der Waals surface area contributed by atoms with Crippen molar-refractivity contribution in [3.8, 4) is 0 Å². The van der Waals surface area contributed by atoms with Crippen LogP contribution in [0.3, 0.4) is 0 Å². The number of halogens is 9. The Morgan fingerprint density at radius 2 is 0.941 bits per heavy atom. The molecule has 0 aliphatic carbocycles. The normalized spacial score (nSPS) is 15.5. The SMILES string of the molecule is CC(C)O[Si](C(F)(F)F)(C(F)(F)F)C(F)(F)F. The van der Waals surface area contributed by atoms with Gasteiger partial charge in [0.15, 0.2) is 0 Å². The molecule has 0 saturated carbocycles. The van der Waals surface area contributed by atoms with Gasteiger partial charge >= 0.3 is 25.7 Å². The van der Waals surface area contributed by atoms with Crippen LogP contribution in [0.25, 0.3) is 0 Å². The fourth-order valence-electron chi connectivity index (χ4n) is 1.04. The molecule has 0 saturated heterocycles. The summed E-state index contributed by atoms with van der Waals surface area (Å²) < 4.78 is 113. The summed E-state index contributed by atoms with van der Waals surface area (Å²) in [5, 5.41) is 0. The molecular formula is C6H7F9OSi. The fourth-order valence-corrected chi connectivity index (χ4v) is 3.11. The molecule has 0 aromatic rings. The highest BCUT2D eigenvalue weighted by atomic mass is 28.4. The van der Waals surface area contributed by atoms with Crippen LogP contribution < -0.4 is 0 Å². The lowest BCUT2D eigenvalue weighted by atomic mass is 10.5. The number of alkyl halides is 9. The molecule has 0 unspecified atom stereocenters. The van der Waals surface area contributed by atoms with E-state index in [-0.39, 0.29) is 0 Å². The van der Waals surface area contributed by atoms with Crippen LogP contribution in [0.5, 0.6) is 0 Å². The highest BCUT2D eigenvalue weighted by Gasteiger charge is 2.90. The highest BCUT2D eigenvalue weighted by molar-refractivity contribution is 6.79. The van der Waals surface area contributed by atoms with Crippen LogP contribution in [-0.2, 0) is 4.43 Å². The molecule has 0 N–H and O–H groups in total. The van der Waals surface area contributed by atoms with Crippen LogP contribution in [0.2, 0.25) is 0 Å². The van der Waals surface area contributed by atoms with Crippen molar-refractivity contribution in [2.75, 3.05) is 0 Å². The van der Waals surface area contributed by atoms with E-state index in [0.29, 0.717) is 13.8 Å². The first-order valence-corrected chi connectivity index (χ1v) is 5.95. The number of hydrogen-bond acceptors (Lipinski definition) is 1. The van der Waals surface area contributed by atoms with Gasteiger partial charge < -0.3 is 4.43 Å². The van der Waals surface area contributed by atoms with Gasteiger partial charge in [0.25, 0.3) is 0 Å². The first-order valence-electron chi connectivity index (χ1n) is 4.05. The fraction of sp³-hybridized carbons (Fsp3) is 1.00. The first-order chi connectivity index (χ1) is 7.17. The third-order valence-electron chi connectivity index (χ3n) is 1.61. The van der Waals surface area contributed by atoms with Crippen LogP contribution in [0.4, 0.5) is 39.5 Å². The summed E-state index contributed by atoms with van der Waals surface area (Å²) in [6.07, 6.45) is -1.86. The van der Waals surface area contributed by atoms with Crippen LogP contribution in [-0.4, -0.2) is 31.8 Å². The van der Waals surface area contributed by atoms with E-state index >= 15 is 0 Å². The number of rotatable bonds is 2. The third-order valence-corrected chi connectivity index (χ3v) is 4.83. The lowest BCUT2D eigenvalue weighted by Crippen LogP contribution is -2.74. The van der Waals surface area contributed by atoms with Crippen molar-refractivity contribution in [3.05, 3.63) is 0 Å². The van der Waals surface area contributed by atoms with Gasteiger partial charge in [0.2, 0.25) is 0 Å². The standard InChI is InChI=1S/C6H7F9OSi/c1-3(2)16-17(4(7,8)9,5(10,11)12)6(13,14)15/h3H,1-2H3. The zero-order chi connectivity index (χ0) is 14.3. The summed E-state index contributed by atoms with van der Waals surface area (Å²) in [6.45, 7) is 1.34. The molecule has 0 fully saturated rings. The Bertz CT molecular complexity index is 226. The molecule has 0 aromatic carbocycles. The second-order valence-corrected chi connectivity index (χ2v) is 6.64. The van der Waals surface area contributed by atoms with Crippen molar-refractivity contribution >= 4 is 8.32 Å². The zero-order valence-electron chi connectivity index (χ0n) is 8.39. The summed E-state index contributed by atoms with van der Waals surface area (Å²) in [5.74, 6) is -19.6. The lowest BCUT2D eigenvalue weighted by molar-refractivity contribution is -0.196. The molecule has 0 bridgehead atoms. The smallest absolute Gasteiger partial charge is 0.394 e. The van der Waals surface area contributed by atoms with Crippen molar-refractivity contribution in [1.82, 2.24) is 0 Å². The molecule has 0 aromatic heterocycles. The maximum absolute atomic E-state index is 12.2. The van der Waals surface area contributed by atoms with Crippen LogP contribution in [0.15, 0.2) is 0 Å². The van der Waals surface area contributed by atoms with E-state index in [0.717, 1.165) is 0 Å². The van der Waals surface area contributed by atoms with E-state index in [4.69, 9.17) is 0 Å². The maximum Gasteiger partial charge on any atom is 0.548 e. The molecule has 0 amide bonds. The topological polar surface area (TPSA) is 9.23 Å². The summed E-state index contributed by atoms with van der Waals surface area (Å²) in [4.78, 5) is 0. The van der Waals surface area contributed by atoms with Crippen molar-refractivity contribution in [1.29, 1.82) is 0 Å². The van der Waals surface area contributed by atoms with Gasteiger partial charge in [0.1, 0.15) is 0 Å². The molecule has 0 radical (unpaired) electrons. The second-order valence-electron chi connectivity index (χ2n) is 3.34. The zero-order valence-corrected chi connectivity index (χ0v) is 9.39. The second kappa shape index (κ2) is 4.34. The predicted octanol–water partition coefficient (Wildman–Crippen LogP) is 3.66. The molecule has 0 spiro atoms. The van der Waals surface area contributed by atoms with Crippen LogP contribution in [0.1, 0.15) is 13.8 Å². The highest BCUT2D eigenvalue weighted by Crippen LogP contribution is 2.51. The molecule has 104 valence electrons. The minimum atomic E-state index is -7.96. The Hall–Kier alpha value is -0.453. The number of hydrogen-bond donors (Lipinski definition) is 0. The Morgan fingerprint density at radius 3 is 1.00 bits per heavy atom. The average Bonchev–Trinajstić information content (AvgIpc) is 1.91. The molecule has 0 atom stereocenters. The molecular weight excluding hydrogens is 287 g/mol. The molecule has 11 heteroatoms. The molecule has 17 heavy (non-hydrogen) atoms. The first kappa shape index (κ1) is 16.5. The van der Waals surface area contributed by atoms with Gasteiger partial charge in [-0.2, -0.15) is 39.5 Å². The largest absolute Gasteiger partial charge is 0.548 e. The van der Waals surface area contributed by atoms with Crippen molar-refractivity contribution in [2.45, 2.75) is 37.4 Å². The molecule has 0 aliphatic rings. The van der Waals surface area contributed by atoms with E-state index in [2.05, 4.69) is 4.43 Å². The van der Waals surface area contributed by atoms with Crippen LogP contribution >= 0.6 is 0 Å². The van der Waals surface area contributed by atoms with Gasteiger partial charge in [-0.05, 0) is 13.8 Å². The summed E-state index contributed by atoms with van der Waals surface area (Å²) in [6, 6.07) is 0. The van der Waals surface area contributed by atoms with Crippen LogP contribution in [0, 0.1) is 0 Å². The van der Waals surface area contributed by atoms with Crippen molar-refractivity contribution in [2.24, 2.45) is 0 Å². The monoisotopic (exact) mass is 294 g/mol. The van der Waals surface area contributed by atoms with E-state index in [1.807, 2.05) is 0 Å². The van der Waals surface area contributed by atoms with Gasteiger partial charge in [0.05, 0.1) is 0 Å². The molecule has 0 aliphatic heterocycles. The molecule has 0 heterocycles. The Morgan fingerprint density at radius 1 is 0.706 bits per heavy atom. The lowest BCUT2D eigenvalue weighted by Gasteiger charge is -2.36. The van der Waals surface area contributed by atoms with Gasteiger partial charge in [0, 0.05) is 6.10 Å². The van der Waals surface area contributed by atoms with Gasteiger partial charge in [-0.25, -0.2) is 0 Å². The Kier molecular flexibility index (Phi) is 4.22. The van der Waals surface area contributed by atoms with Crippen molar-refractivity contribution in [3.63, 3.8) is 0 Å². The quantitative estimate of drug-likeness (QED) is 0.558. The minimum absolute atomic E-state index is 0.672. The van der Waals surface area contributed by atoms with E-state index in [9.17, 15) is 39.5 Å². The average molecular weight is 294 g/mol. The molecule has 0 rings (SSSR count). The summed E-state index contributed by atoms with van der Waals surface area (Å²) in [7, 11) is -7.96. The van der Waals surface area contributed by atoms with E-state index in [1.165, 1.54) is 0 Å². The Labute approximate surface area is 90.7 Å². The summed E-state index contributed by atoms with van der Waals surface area (Å²) in [5.41, 5.74) is 0. The van der Waals surface area contributed by atoms with E-state index in [1.54, 1.807) is 0 Å². The summed E-state index contributed by atoms with van der Waals surface area (Å²) >= 11 is 0. The van der Waals surface area contributed by atoms with Crippen molar-refractivity contribution < 1.29 is 43.9 Å². The molecule has 1 nitrogen and oxygen atoms in total. The predicted molar refractivity (Wildman–Crippen MR) is 40.1 cm³/mol. The van der Waals surface area contributed by atoms with Gasteiger partial charge in [-0.15, -0.1) is 0 Å². The third kappa shape index (κ3) is 2.87. The maximum atomic E-state index is 12.2. The Balaban J connectivity index is 5.93. The van der Waals surface area contributed by atoms with Gasteiger partial charge in [-0.3, -0.25) is 0 Å². The van der Waals surface area contributed by atoms with E-state index < -0.39 is 31.8 Å².